The number of hydrogen-bond donors (Lipinski definition) is 0. The summed E-state index contributed by atoms with van der Waals surface area (Å²) in [7, 11) is 0. The fourth-order valence-electron chi connectivity index (χ4n) is 14.2. The number of anilines is 9. The molecule has 15 aromatic rings. The van der Waals surface area contributed by atoms with Gasteiger partial charge in [0.25, 0.3) is 0 Å². The molecule has 5 nitrogen and oxygen atoms in total. The lowest BCUT2D eigenvalue weighted by Crippen LogP contribution is -2.36. The van der Waals surface area contributed by atoms with Crippen LogP contribution in [-0.2, 0) is 11.6 Å². The molecule has 1 aliphatic carbocycles. The number of nitrogens with zero attached hydrogens (tertiary/aromatic N) is 3. The fourth-order valence-corrected chi connectivity index (χ4v) is 14.2. The van der Waals surface area contributed by atoms with Crippen LogP contribution < -0.4 is 14.7 Å². The molecular weight excluding hydrogens is 1060 g/mol. The molecular formula is C77H48F3N3O2. The van der Waals surface area contributed by atoms with Crippen LogP contribution in [0.15, 0.2) is 282 Å². The van der Waals surface area contributed by atoms with E-state index in [1.165, 1.54) is 12.1 Å². The van der Waals surface area contributed by atoms with E-state index in [1.807, 2.05) is 54.6 Å². The fraction of sp³-hybridized carbons (Fsp3) is 0.0390. The third kappa shape index (κ3) is 7.06. The van der Waals surface area contributed by atoms with Gasteiger partial charge in [-0.2, -0.15) is 13.2 Å². The van der Waals surface area contributed by atoms with E-state index in [9.17, 15) is 13.2 Å². The van der Waals surface area contributed by atoms with Crippen molar-refractivity contribution in [2.45, 2.75) is 18.5 Å². The molecule has 85 heavy (non-hydrogen) atoms. The third-order valence-electron chi connectivity index (χ3n) is 17.7. The molecule has 2 aliphatic rings. The van der Waals surface area contributed by atoms with Gasteiger partial charge in [-0.3, -0.25) is 0 Å². The van der Waals surface area contributed by atoms with Crippen molar-refractivity contribution in [3.8, 4) is 11.1 Å². The second-order valence-electron chi connectivity index (χ2n) is 22.2. The molecule has 0 fully saturated rings. The van der Waals surface area contributed by atoms with E-state index < -0.39 is 17.2 Å². The first-order chi connectivity index (χ1) is 41.7. The predicted molar refractivity (Wildman–Crippen MR) is 341 cm³/mol. The van der Waals surface area contributed by atoms with Crippen LogP contribution in [-0.4, -0.2) is 0 Å². The lowest BCUT2D eigenvalue weighted by Gasteiger charge is -2.45. The average Bonchev–Trinajstić information content (AvgIpc) is 1.57. The van der Waals surface area contributed by atoms with Crippen molar-refractivity contribution >= 4 is 117 Å². The SMILES string of the molecule is Cc1ccc(N(c2cc3c(c4ccccc24)-c2c(cc(N(c4ccc(C(F)(F)F)cc4)c4cccc5c4oc4ccccc45)c4ccccc24)C32c3ccccc3N(c3ccccc3)c3ccccc32)c2cccc3c2oc2ccccc23)cc1. The molecule has 2 aromatic heterocycles. The minimum atomic E-state index is -4.55. The number of fused-ring (bicyclic) bond motifs is 19. The van der Waals surface area contributed by atoms with Gasteiger partial charge in [0.05, 0.1) is 45.1 Å². The second-order valence-corrected chi connectivity index (χ2v) is 22.2. The number of rotatable bonds is 7. The van der Waals surface area contributed by atoms with Gasteiger partial charge in [-0.15, -0.1) is 0 Å². The zero-order chi connectivity index (χ0) is 56.7. The maximum atomic E-state index is 14.6. The number of halogens is 3. The van der Waals surface area contributed by atoms with Gasteiger partial charge in [0, 0.05) is 49.4 Å². The standard InChI is InChI=1S/C77H48F3N3O2/c1-47-37-41-50(42-38-47)82(66-33-17-27-58-54-23-9-15-35-70(54)84-74(58)66)68-45-62-72(56-25-7-5-21-52(56)68)73-57-26-8-6-22-53(57)69(46-63(73)76(62)60-29-11-13-31-64(60)81(49-19-3-2-4-20-49)65-32-14-12-30-61(65)76)83(51-43-39-48(40-44-51)77(78,79)80)67-34-18-28-59-55-24-10-16-36-71(55)85-75(59)67/h2-46H,1H3. The van der Waals surface area contributed by atoms with E-state index in [0.29, 0.717) is 22.5 Å². The van der Waals surface area contributed by atoms with E-state index in [-0.39, 0.29) is 0 Å². The lowest BCUT2D eigenvalue weighted by atomic mass is 9.64. The maximum Gasteiger partial charge on any atom is 0.416 e. The first-order valence-corrected chi connectivity index (χ1v) is 28.6. The number of benzene rings is 13. The van der Waals surface area contributed by atoms with Crippen LogP contribution in [0.5, 0.6) is 0 Å². The molecule has 1 spiro atoms. The van der Waals surface area contributed by atoms with Crippen molar-refractivity contribution in [3.05, 3.63) is 306 Å². The first-order valence-electron chi connectivity index (χ1n) is 28.6. The number of para-hydroxylation sites is 7. The Labute approximate surface area is 486 Å². The summed E-state index contributed by atoms with van der Waals surface area (Å²) in [5, 5.41) is 7.90. The van der Waals surface area contributed by atoms with Crippen molar-refractivity contribution in [3.63, 3.8) is 0 Å². The Bertz CT molecular complexity index is 5170. The highest BCUT2D eigenvalue weighted by atomic mass is 19.4. The van der Waals surface area contributed by atoms with E-state index >= 15 is 0 Å². The zero-order valence-corrected chi connectivity index (χ0v) is 45.8. The van der Waals surface area contributed by atoms with E-state index in [0.717, 1.165) is 133 Å². The average molecular weight is 1100 g/mol. The van der Waals surface area contributed by atoms with Crippen LogP contribution in [0.2, 0.25) is 0 Å². The Kier molecular flexibility index (Phi) is 10.5. The number of furan rings is 2. The van der Waals surface area contributed by atoms with Gasteiger partial charge in [-0.1, -0.05) is 181 Å². The Balaban J connectivity index is 1.04. The summed E-state index contributed by atoms with van der Waals surface area (Å²) in [4.78, 5) is 6.87. The highest BCUT2D eigenvalue weighted by molar-refractivity contribution is 6.21. The quantitative estimate of drug-likeness (QED) is 0.159. The number of aryl methyl sites for hydroxylation is 1. The van der Waals surface area contributed by atoms with Gasteiger partial charge in [0.1, 0.15) is 11.2 Å². The van der Waals surface area contributed by atoms with Crippen LogP contribution in [0.3, 0.4) is 0 Å². The normalized spacial score (nSPS) is 13.2. The van der Waals surface area contributed by atoms with Crippen molar-refractivity contribution in [2.24, 2.45) is 0 Å². The molecule has 17 rings (SSSR count). The molecule has 3 heterocycles. The molecule has 1 aliphatic heterocycles. The van der Waals surface area contributed by atoms with Crippen LogP contribution in [0, 0.1) is 6.92 Å². The van der Waals surface area contributed by atoms with Gasteiger partial charge in [0.15, 0.2) is 11.2 Å². The summed E-state index contributed by atoms with van der Waals surface area (Å²) in [6.07, 6.45) is -4.55. The summed E-state index contributed by atoms with van der Waals surface area (Å²) in [5.41, 5.74) is 16.6. The minimum absolute atomic E-state index is 0.538. The summed E-state index contributed by atoms with van der Waals surface area (Å²) in [6, 6.07) is 93.2. The third-order valence-corrected chi connectivity index (χ3v) is 17.7. The summed E-state index contributed by atoms with van der Waals surface area (Å²) in [5.74, 6) is 0. The molecule has 0 saturated heterocycles. The van der Waals surface area contributed by atoms with Crippen molar-refractivity contribution < 1.29 is 22.0 Å². The largest absolute Gasteiger partial charge is 0.454 e. The first kappa shape index (κ1) is 48.8. The van der Waals surface area contributed by atoms with Gasteiger partial charge in [0.2, 0.25) is 0 Å². The van der Waals surface area contributed by atoms with Crippen LogP contribution in [0.25, 0.3) is 76.5 Å². The van der Waals surface area contributed by atoms with Crippen LogP contribution in [0.1, 0.15) is 33.4 Å². The molecule has 0 bridgehead atoms. The predicted octanol–water partition coefficient (Wildman–Crippen LogP) is 22.2. The molecule has 0 atom stereocenters. The molecule has 13 aromatic carbocycles. The smallest absolute Gasteiger partial charge is 0.416 e. The summed E-state index contributed by atoms with van der Waals surface area (Å²) < 4.78 is 57.7. The molecule has 0 N–H and O–H groups in total. The molecule has 0 unspecified atom stereocenters. The highest BCUT2D eigenvalue weighted by Gasteiger charge is 2.54. The Morgan fingerprint density at radius 2 is 0.753 bits per heavy atom. The van der Waals surface area contributed by atoms with E-state index in [1.54, 1.807) is 12.1 Å². The monoisotopic (exact) mass is 1100 g/mol. The van der Waals surface area contributed by atoms with Crippen molar-refractivity contribution in [1.29, 1.82) is 0 Å². The summed E-state index contributed by atoms with van der Waals surface area (Å²) in [6.45, 7) is 2.12. The minimum Gasteiger partial charge on any atom is -0.454 e. The Hall–Kier alpha value is -10.8. The lowest BCUT2D eigenvalue weighted by molar-refractivity contribution is -0.137. The molecule has 8 heteroatoms. The maximum absolute atomic E-state index is 14.6. The van der Waals surface area contributed by atoms with Crippen molar-refractivity contribution in [2.75, 3.05) is 14.7 Å². The van der Waals surface area contributed by atoms with Gasteiger partial charge >= 0.3 is 6.18 Å². The Morgan fingerprint density at radius 1 is 0.353 bits per heavy atom. The van der Waals surface area contributed by atoms with Crippen molar-refractivity contribution in [1.82, 2.24) is 0 Å². The Morgan fingerprint density at radius 3 is 1.24 bits per heavy atom. The second kappa shape index (κ2) is 18.3. The van der Waals surface area contributed by atoms with Crippen LogP contribution >= 0.6 is 0 Å². The van der Waals surface area contributed by atoms with Gasteiger partial charge < -0.3 is 23.5 Å². The number of alkyl halides is 3. The molecule has 0 saturated carbocycles. The van der Waals surface area contributed by atoms with Gasteiger partial charge in [-0.05, 0) is 148 Å². The highest BCUT2D eigenvalue weighted by Crippen LogP contribution is 2.67. The summed E-state index contributed by atoms with van der Waals surface area (Å²) >= 11 is 0. The zero-order valence-electron chi connectivity index (χ0n) is 45.8. The van der Waals surface area contributed by atoms with E-state index in [2.05, 4.69) is 216 Å². The van der Waals surface area contributed by atoms with Crippen LogP contribution in [0.4, 0.5) is 64.4 Å². The van der Waals surface area contributed by atoms with Gasteiger partial charge in [-0.25, -0.2) is 0 Å². The molecule has 0 amide bonds. The molecule has 0 radical (unpaired) electrons. The van der Waals surface area contributed by atoms with E-state index in [4.69, 9.17) is 8.83 Å². The number of hydrogen-bond acceptors (Lipinski definition) is 5. The molecule has 404 valence electrons. The topological polar surface area (TPSA) is 36.0 Å².